The molecule has 1 amide bonds. The third-order valence-electron chi connectivity index (χ3n) is 4.90. The predicted molar refractivity (Wildman–Crippen MR) is 94.3 cm³/mol. The van der Waals surface area contributed by atoms with Crippen LogP contribution in [0.3, 0.4) is 0 Å². The Balaban J connectivity index is 1.29. The molecule has 0 radical (unpaired) electrons. The summed E-state index contributed by atoms with van der Waals surface area (Å²) in [5.41, 5.74) is -0.435. The van der Waals surface area contributed by atoms with Crippen LogP contribution in [0.5, 0.6) is 0 Å². The first-order chi connectivity index (χ1) is 11.9. The van der Waals surface area contributed by atoms with Crippen LogP contribution in [-0.2, 0) is 14.3 Å². The van der Waals surface area contributed by atoms with Crippen LogP contribution < -0.4 is 5.32 Å². The third kappa shape index (κ3) is 5.81. The van der Waals surface area contributed by atoms with Gasteiger partial charge in [0, 0.05) is 52.1 Å². The van der Waals surface area contributed by atoms with Gasteiger partial charge in [0.1, 0.15) is 5.60 Å². The zero-order valence-corrected chi connectivity index (χ0v) is 15.8. The second-order valence-corrected chi connectivity index (χ2v) is 8.30. The number of hydrogen-bond acceptors (Lipinski definition) is 6. The molecule has 0 atom stereocenters. The van der Waals surface area contributed by atoms with Gasteiger partial charge in [0.25, 0.3) is 0 Å². The highest BCUT2D eigenvalue weighted by Gasteiger charge is 2.36. The van der Waals surface area contributed by atoms with Crippen LogP contribution >= 0.6 is 0 Å². The summed E-state index contributed by atoms with van der Waals surface area (Å²) in [7, 11) is 0. The van der Waals surface area contributed by atoms with Crippen molar-refractivity contribution in [1.82, 2.24) is 15.3 Å². The smallest absolute Gasteiger partial charge is 0.410 e. The van der Waals surface area contributed by atoms with Crippen molar-refractivity contribution in [3.63, 3.8) is 0 Å². The molecule has 3 aliphatic rings. The van der Waals surface area contributed by atoms with E-state index in [1.807, 2.05) is 20.8 Å². The van der Waals surface area contributed by atoms with Crippen LogP contribution in [0.15, 0.2) is 0 Å². The average Bonchev–Trinajstić information content (AvgIpc) is 2.53. The Labute approximate surface area is 150 Å². The maximum Gasteiger partial charge on any atom is 0.410 e. The van der Waals surface area contributed by atoms with Crippen molar-refractivity contribution in [1.29, 1.82) is 0 Å². The molecular weight excluding hydrogens is 322 g/mol. The summed E-state index contributed by atoms with van der Waals surface area (Å²) >= 11 is 0. The van der Waals surface area contributed by atoms with Gasteiger partial charge in [-0.1, -0.05) is 0 Å². The molecule has 1 saturated carbocycles. The van der Waals surface area contributed by atoms with E-state index in [0.29, 0.717) is 25.3 Å². The first-order valence-electron chi connectivity index (χ1n) is 9.65. The summed E-state index contributed by atoms with van der Waals surface area (Å²) in [6, 6.07) is 0. The minimum absolute atomic E-state index is 0.209. The third-order valence-corrected chi connectivity index (χ3v) is 4.90. The van der Waals surface area contributed by atoms with E-state index in [-0.39, 0.29) is 12.2 Å². The Morgan fingerprint density at radius 1 is 0.960 bits per heavy atom. The van der Waals surface area contributed by atoms with Gasteiger partial charge in [-0.25, -0.2) is 4.79 Å². The number of piperidine rings is 1. The van der Waals surface area contributed by atoms with Crippen LogP contribution in [-0.4, -0.2) is 79.2 Å². The molecule has 144 valence electrons. The lowest BCUT2D eigenvalue weighted by molar-refractivity contribution is -0.248. The van der Waals surface area contributed by atoms with Crippen molar-refractivity contribution in [2.24, 2.45) is 0 Å². The highest BCUT2D eigenvalue weighted by atomic mass is 16.7. The number of carbonyl (C=O) groups is 1. The number of nitrogens with one attached hydrogen (secondary N) is 1. The van der Waals surface area contributed by atoms with E-state index in [0.717, 1.165) is 51.9 Å². The van der Waals surface area contributed by atoms with E-state index in [1.165, 1.54) is 0 Å². The molecule has 1 aliphatic carbocycles. The van der Waals surface area contributed by atoms with Crippen molar-refractivity contribution in [3.8, 4) is 0 Å². The normalized spacial score (nSPS) is 29.3. The first kappa shape index (κ1) is 18.9. The fourth-order valence-corrected chi connectivity index (χ4v) is 3.45. The van der Waals surface area contributed by atoms with Gasteiger partial charge < -0.3 is 19.7 Å². The molecule has 0 aromatic carbocycles. The van der Waals surface area contributed by atoms with E-state index in [4.69, 9.17) is 14.3 Å². The lowest BCUT2D eigenvalue weighted by Gasteiger charge is -2.41. The molecule has 2 saturated heterocycles. The summed E-state index contributed by atoms with van der Waals surface area (Å²) < 4.78 is 11.6. The number of ether oxygens (including phenoxy) is 2. The Kier molecular flexibility index (Phi) is 6.20. The van der Waals surface area contributed by atoms with Crippen LogP contribution in [0.4, 0.5) is 4.79 Å². The van der Waals surface area contributed by atoms with Crippen molar-refractivity contribution in [2.75, 3.05) is 39.3 Å². The lowest BCUT2D eigenvalue weighted by Crippen LogP contribution is -2.50. The van der Waals surface area contributed by atoms with Crippen molar-refractivity contribution >= 4 is 6.09 Å². The van der Waals surface area contributed by atoms with Crippen LogP contribution in [0.2, 0.25) is 0 Å². The van der Waals surface area contributed by atoms with Crippen LogP contribution in [0.25, 0.3) is 0 Å². The molecule has 1 N–H and O–H groups in total. The first-order valence-corrected chi connectivity index (χ1v) is 9.65. The lowest BCUT2D eigenvalue weighted by atomic mass is 9.91. The van der Waals surface area contributed by atoms with Crippen molar-refractivity contribution in [2.45, 2.75) is 70.4 Å². The van der Waals surface area contributed by atoms with Gasteiger partial charge in [0.2, 0.25) is 0 Å². The van der Waals surface area contributed by atoms with Gasteiger partial charge in [0.05, 0.1) is 18.3 Å². The fraction of sp³-hybridized carbons (Fsp3) is 0.944. The molecule has 3 rings (SSSR count). The van der Waals surface area contributed by atoms with E-state index in [2.05, 4.69) is 10.4 Å². The van der Waals surface area contributed by atoms with Gasteiger partial charge in [-0.2, -0.15) is 5.06 Å². The van der Waals surface area contributed by atoms with Crippen molar-refractivity contribution < 1.29 is 19.1 Å². The largest absolute Gasteiger partial charge is 0.444 e. The second kappa shape index (κ2) is 8.20. The maximum absolute atomic E-state index is 12.1. The van der Waals surface area contributed by atoms with E-state index >= 15 is 0 Å². The van der Waals surface area contributed by atoms with Crippen LogP contribution in [0, 0.1) is 0 Å². The molecular formula is C18H33N3O4. The number of amides is 1. The fourth-order valence-electron chi connectivity index (χ4n) is 3.45. The zero-order valence-electron chi connectivity index (χ0n) is 15.8. The zero-order chi connectivity index (χ0) is 17.9. The molecule has 3 fully saturated rings. The standard InChI is InChI=1S/C18H33N3O4/c1-18(2,3)24-17(22)20-8-4-14(5-9-20)23-15-12-16(13-15)25-21-10-6-19-7-11-21/h14-16,19H,4-13H2,1-3H3. The Bertz CT molecular complexity index is 434. The predicted octanol–water partition coefficient (Wildman–Crippen LogP) is 1.77. The Morgan fingerprint density at radius 3 is 2.20 bits per heavy atom. The topological polar surface area (TPSA) is 63.3 Å². The van der Waals surface area contributed by atoms with Crippen molar-refractivity contribution in [3.05, 3.63) is 0 Å². The molecule has 2 heterocycles. The number of hydrogen-bond donors (Lipinski definition) is 1. The van der Waals surface area contributed by atoms with Gasteiger partial charge in [-0.3, -0.25) is 4.84 Å². The number of nitrogens with zero attached hydrogens (tertiary/aromatic N) is 2. The van der Waals surface area contributed by atoms with E-state index in [1.54, 1.807) is 4.90 Å². The maximum atomic E-state index is 12.1. The van der Waals surface area contributed by atoms with Crippen LogP contribution in [0.1, 0.15) is 46.5 Å². The second-order valence-electron chi connectivity index (χ2n) is 8.30. The minimum Gasteiger partial charge on any atom is -0.444 e. The summed E-state index contributed by atoms with van der Waals surface area (Å²) in [6.45, 7) is 11.1. The number of rotatable bonds is 4. The molecule has 7 heteroatoms. The average molecular weight is 355 g/mol. The summed E-state index contributed by atoms with van der Waals surface area (Å²) in [4.78, 5) is 19.9. The quantitative estimate of drug-likeness (QED) is 0.829. The Morgan fingerprint density at radius 2 is 1.60 bits per heavy atom. The highest BCUT2D eigenvalue weighted by molar-refractivity contribution is 5.68. The molecule has 0 bridgehead atoms. The van der Waals surface area contributed by atoms with Gasteiger partial charge >= 0.3 is 6.09 Å². The molecule has 0 aromatic heterocycles. The van der Waals surface area contributed by atoms with Gasteiger partial charge in [-0.15, -0.1) is 0 Å². The van der Waals surface area contributed by atoms with Gasteiger partial charge in [0.15, 0.2) is 0 Å². The molecule has 0 spiro atoms. The molecule has 2 aliphatic heterocycles. The highest BCUT2D eigenvalue weighted by Crippen LogP contribution is 2.30. The SMILES string of the molecule is CC(C)(C)OC(=O)N1CCC(OC2CC(ON3CCNCC3)C2)CC1. The molecule has 0 unspecified atom stereocenters. The summed E-state index contributed by atoms with van der Waals surface area (Å²) in [5.74, 6) is 0. The number of likely N-dealkylation sites (tertiary alicyclic amines) is 1. The summed E-state index contributed by atoms with van der Waals surface area (Å²) in [5, 5.41) is 5.41. The van der Waals surface area contributed by atoms with Gasteiger partial charge in [-0.05, 0) is 33.6 Å². The molecule has 0 aromatic rings. The van der Waals surface area contributed by atoms with E-state index in [9.17, 15) is 4.79 Å². The Hall–Kier alpha value is -0.890. The monoisotopic (exact) mass is 355 g/mol. The minimum atomic E-state index is -0.435. The number of piperazine rings is 1. The molecule has 7 nitrogen and oxygen atoms in total. The summed E-state index contributed by atoms with van der Waals surface area (Å²) in [6.07, 6.45) is 4.41. The number of hydroxylamine groups is 2. The van der Waals surface area contributed by atoms with E-state index < -0.39 is 5.60 Å². The number of carbonyl (C=O) groups excluding carboxylic acids is 1. The molecule has 25 heavy (non-hydrogen) atoms.